The molecule has 0 bridgehead atoms. The first-order chi connectivity index (χ1) is 16.4. The Labute approximate surface area is 202 Å². The van der Waals surface area contributed by atoms with E-state index in [1.54, 1.807) is 18.2 Å². The SMILES string of the molecule is COc1cc(Cl)c2[nH]c(C(=O)NC(CC3CC3)C(=O)N[C@H](C#N)CC3CCCNC3=O)cc2c1. The first kappa shape index (κ1) is 23.9. The van der Waals surface area contributed by atoms with Gasteiger partial charge in [-0.3, -0.25) is 14.4 Å². The Hall–Kier alpha value is -3.25. The first-order valence-corrected chi connectivity index (χ1v) is 11.9. The van der Waals surface area contributed by atoms with Crippen LogP contribution in [0.15, 0.2) is 18.2 Å². The van der Waals surface area contributed by atoms with Gasteiger partial charge in [-0.1, -0.05) is 24.4 Å². The van der Waals surface area contributed by atoms with Gasteiger partial charge >= 0.3 is 0 Å². The summed E-state index contributed by atoms with van der Waals surface area (Å²) < 4.78 is 5.22. The Kier molecular flexibility index (Phi) is 7.27. The highest BCUT2D eigenvalue weighted by Crippen LogP contribution is 2.34. The summed E-state index contributed by atoms with van der Waals surface area (Å²) in [5.41, 5.74) is 0.876. The lowest BCUT2D eigenvalue weighted by molar-refractivity contribution is -0.128. The molecule has 2 unspecified atom stereocenters. The van der Waals surface area contributed by atoms with E-state index in [-0.39, 0.29) is 23.9 Å². The minimum Gasteiger partial charge on any atom is -0.497 e. The molecule has 10 heteroatoms. The molecule has 3 atom stereocenters. The summed E-state index contributed by atoms with van der Waals surface area (Å²) in [6.45, 7) is 0.639. The van der Waals surface area contributed by atoms with E-state index in [4.69, 9.17) is 16.3 Å². The standard InChI is InChI=1S/C24H28ClN5O4/c1-34-17-9-15-10-20(29-21(15)18(25)11-17)24(33)30-19(7-13-4-5-13)23(32)28-16(12-26)8-14-3-2-6-27-22(14)31/h9-11,13-14,16,19,29H,2-8H2,1H3,(H,27,31)(H,28,32)(H,30,33)/t14?,16-,19?/m0/s1. The number of hydrogen-bond donors (Lipinski definition) is 4. The third kappa shape index (κ3) is 5.62. The van der Waals surface area contributed by atoms with Crippen LogP contribution in [0.4, 0.5) is 0 Å². The Morgan fingerprint density at radius 3 is 2.71 bits per heavy atom. The Bertz CT molecular complexity index is 1140. The highest BCUT2D eigenvalue weighted by atomic mass is 35.5. The lowest BCUT2D eigenvalue weighted by Crippen LogP contribution is -2.50. The average Bonchev–Trinajstić information content (AvgIpc) is 3.53. The smallest absolute Gasteiger partial charge is 0.268 e. The van der Waals surface area contributed by atoms with Crippen molar-refractivity contribution in [2.75, 3.05) is 13.7 Å². The Morgan fingerprint density at radius 1 is 1.24 bits per heavy atom. The number of H-pyrrole nitrogens is 1. The van der Waals surface area contributed by atoms with Crippen molar-refractivity contribution < 1.29 is 19.1 Å². The molecule has 2 heterocycles. The molecule has 1 aliphatic carbocycles. The Balaban J connectivity index is 1.44. The summed E-state index contributed by atoms with van der Waals surface area (Å²) in [5.74, 6) is -0.308. The zero-order chi connectivity index (χ0) is 24.2. The van der Waals surface area contributed by atoms with Gasteiger partial charge in [-0.05, 0) is 43.7 Å². The summed E-state index contributed by atoms with van der Waals surface area (Å²) in [6.07, 6.45) is 4.30. The average molecular weight is 486 g/mol. The number of nitrogens with one attached hydrogen (secondary N) is 4. The topological polar surface area (TPSA) is 136 Å². The Morgan fingerprint density at radius 2 is 2.03 bits per heavy atom. The number of aromatic nitrogens is 1. The summed E-state index contributed by atoms with van der Waals surface area (Å²) in [7, 11) is 1.54. The number of halogens is 1. The van der Waals surface area contributed by atoms with Gasteiger partial charge in [0, 0.05) is 23.9 Å². The van der Waals surface area contributed by atoms with Crippen LogP contribution in [0.5, 0.6) is 5.75 Å². The van der Waals surface area contributed by atoms with Crippen LogP contribution < -0.4 is 20.7 Å². The van der Waals surface area contributed by atoms with Crippen LogP contribution in [0.3, 0.4) is 0 Å². The van der Waals surface area contributed by atoms with Gasteiger partial charge in [0.05, 0.1) is 23.7 Å². The van der Waals surface area contributed by atoms with Gasteiger partial charge in [0.2, 0.25) is 11.8 Å². The minimum absolute atomic E-state index is 0.0855. The number of rotatable bonds is 9. The number of benzene rings is 1. The van der Waals surface area contributed by atoms with Gasteiger partial charge in [0.25, 0.3) is 5.91 Å². The maximum absolute atomic E-state index is 13.1. The molecule has 4 rings (SSSR count). The molecule has 1 aromatic carbocycles. The molecule has 1 saturated heterocycles. The van der Waals surface area contributed by atoms with Crippen LogP contribution >= 0.6 is 11.6 Å². The maximum atomic E-state index is 13.1. The van der Waals surface area contributed by atoms with Crippen molar-refractivity contribution in [3.8, 4) is 11.8 Å². The molecule has 1 saturated carbocycles. The fourth-order valence-corrected chi connectivity index (χ4v) is 4.59. The van der Waals surface area contributed by atoms with Gasteiger partial charge in [-0.25, -0.2) is 0 Å². The molecule has 1 aromatic heterocycles. The minimum atomic E-state index is -0.806. The molecule has 9 nitrogen and oxygen atoms in total. The molecule has 34 heavy (non-hydrogen) atoms. The predicted molar refractivity (Wildman–Crippen MR) is 126 cm³/mol. The number of ether oxygens (including phenoxy) is 1. The van der Waals surface area contributed by atoms with E-state index in [0.29, 0.717) is 47.0 Å². The normalized spacial score (nSPS) is 19.6. The summed E-state index contributed by atoms with van der Waals surface area (Å²) in [6, 6.07) is 5.57. The van der Waals surface area contributed by atoms with Crippen LogP contribution in [0, 0.1) is 23.2 Å². The monoisotopic (exact) mass is 485 g/mol. The van der Waals surface area contributed by atoms with E-state index < -0.39 is 23.9 Å². The molecule has 3 amide bonds. The van der Waals surface area contributed by atoms with Crippen molar-refractivity contribution in [3.05, 3.63) is 28.9 Å². The van der Waals surface area contributed by atoms with E-state index in [2.05, 4.69) is 27.0 Å². The number of aromatic amines is 1. The lowest BCUT2D eigenvalue weighted by Gasteiger charge is -2.25. The number of methoxy groups -OCH3 is 1. The second kappa shape index (κ2) is 10.3. The van der Waals surface area contributed by atoms with Gasteiger partial charge in [0.1, 0.15) is 23.5 Å². The molecule has 0 spiro atoms. The quantitative estimate of drug-likeness (QED) is 0.433. The number of nitriles is 1. The van der Waals surface area contributed by atoms with Crippen molar-refractivity contribution >= 4 is 40.2 Å². The third-order valence-electron chi connectivity index (χ3n) is 6.41. The van der Waals surface area contributed by atoms with Gasteiger partial charge < -0.3 is 25.7 Å². The molecule has 2 fully saturated rings. The number of amides is 3. The molecule has 4 N–H and O–H groups in total. The zero-order valence-corrected chi connectivity index (χ0v) is 19.7. The number of carbonyl (C=O) groups is 3. The summed E-state index contributed by atoms with van der Waals surface area (Å²) >= 11 is 6.29. The van der Waals surface area contributed by atoms with Crippen LogP contribution in [0.25, 0.3) is 10.9 Å². The number of hydrogen-bond acceptors (Lipinski definition) is 5. The van der Waals surface area contributed by atoms with Crippen molar-refractivity contribution in [3.63, 3.8) is 0 Å². The van der Waals surface area contributed by atoms with Gasteiger partial charge in [-0.15, -0.1) is 0 Å². The van der Waals surface area contributed by atoms with Gasteiger partial charge in [-0.2, -0.15) is 5.26 Å². The van der Waals surface area contributed by atoms with Crippen molar-refractivity contribution in [2.24, 2.45) is 11.8 Å². The largest absolute Gasteiger partial charge is 0.497 e. The molecule has 2 aromatic rings. The van der Waals surface area contributed by atoms with Crippen LogP contribution in [0.1, 0.15) is 49.0 Å². The lowest BCUT2D eigenvalue weighted by atomic mass is 9.92. The number of piperidine rings is 1. The fourth-order valence-electron chi connectivity index (χ4n) is 4.33. The molecular formula is C24H28ClN5O4. The van der Waals surface area contributed by atoms with Crippen molar-refractivity contribution in [1.82, 2.24) is 20.9 Å². The van der Waals surface area contributed by atoms with E-state index in [9.17, 15) is 19.6 Å². The third-order valence-corrected chi connectivity index (χ3v) is 6.71. The van der Waals surface area contributed by atoms with Crippen LogP contribution in [-0.2, 0) is 9.59 Å². The van der Waals surface area contributed by atoms with Crippen molar-refractivity contribution in [2.45, 2.75) is 50.6 Å². The second-order valence-corrected chi connectivity index (χ2v) is 9.42. The number of fused-ring (bicyclic) bond motifs is 1. The predicted octanol–water partition coefficient (Wildman–Crippen LogP) is 2.65. The maximum Gasteiger partial charge on any atom is 0.268 e. The van der Waals surface area contributed by atoms with Crippen LogP contribution in [0.2, 0.25) is 5.02 Å². The van der Waals surface area contributed by atoms with E-state index >= 15 is 0 Å². The number of carbonyl (C=O) groups excluding carboxylic acids is 3. The molecule has 2 aliphatic rings. The highest BCUT2D eigenvalue weighted by Gasteiger charge is 2.33. The first-order valence-electron chi connectivity index (χ1n) is 11.5. The molecule has 0 radical (unpaired) electrons. The summed E-state index contributed by atoms with van der Waals surface area (Å²) in [5, 5.41) is 19.0. The number of nitrogens with zero attached hydrogens (tertiary/aromatic N) is 1. The molecular weight excluding hydrogens is 458 g/mol. The molecule has 180 valence electrons. The van der Waals surface area contributed by atoms with Gasteiger partial charge in [0.15, 0.2) is 0 Å². The summed E-state index contributed by atoms with van der Waals surface area (Å²) in [4.78, 5) is 41.1. The highest BCUT2D eigenvalue weighted by molar-refractivity contribution is 6.35. The van der Waals surface area contributed by atoms with Crippen molar-refractivity contribution in [1.29, 1.82) is 5.26 Å². The van der Waals surface area contributed by atoms with E-state index in [1.807, 2.05) is 0 Å². The van der Waals surface area contributed by atoms with E-state index in [0.717, 1.165) is 19.3 Å². The zero-order valence-electron chi connectivity index (χ0n) is 18.9. The second-order valence-electron chi connectivity index (χ2n) is 9.02. The fraction of sp³-hybridized carbons (Fsp3) is 0.500. The molecule has 1 aliphatic heterocycles. The van der Waals surface area contributed by atoms with E-state index in [1.165, 1.54) is 7.11 Å². The van der Waals surface area contributed by atoms with Crippen LogP contribution in [-0.4, -0.2) is 48.4 Å².